The van der Waals surface area contributed by atoms with Gasteiger partial charge in [0, 0.05) is 17.8 Å². The van der Waals surface area contributed by atoms with Crippen LogP contribution in [-0.4, -0.2) is 32.3 Å². The molecule has 0 bridgehead atoms. The zero-order chi connectivity index (χ0) is 21.0. The molecule has 152 valence electrons. The second kappa shape index (κ2) is 8.27. The first-order valence-corrected chi connectivity index (χ1v) is 10.0. The van der Waals surface area contributed by atoms with E-state index in [1.165, 1.54) is 24.3 Å². The van der Waals surface area contributed by atoms with E-state index in [-0.39, 0.29) is 29.3 Å². The predicted molar refractivity (Wildman–Crippen MR) is 102 cm³/mol. The molecule has 0 saturated carbocycles. The van der Waals surface area contributed by atoms with E-state index in [2.05, 4.69) is 20.7 Å². The quantitative estimate of drug-likeness (QED) is 0.505. The number of anilines is 2. The van der Waals surface area contributed by atoms with E-state index in [9.17, 15) is 27.2 Å². The monoisotopic (exact) mass is 420 g/mol. The molecule has 1 aliphatic heterocycles. The van der Waals surface area contributed by atoms with E-state index < -0.39 is 33.8 Å². The molecule has 29 heavy (non-hydrogen) atoms. The van der Waals surface area contributed by atoms with E-state index in [0.29, 0.717) is 5.69 Å². The highest BCUT2D eigenvalue weighted by atomic mass is 32.2. The summed E-state index contributed by atoms with van der Waals surface area (Å²) >= 11 is 0. The van der Waals surface area contributed by atoms with E-state index >= 15 is 0 Å². The zero-order valence-corrected chi connectivity index (χ0v) is 15.8. The summed E-state index contributed by atoms with van der Waals surface area (Å²) in [4.78, 5) is 34.4. The van der Waals surface area contributed by atoms with Gasteiger partial charge in [-0.25, -0.2) is 17.6 Å². The normalized spacial score (nSPS) is 16.1. The number of imide groups is 1. The lowest BCUT2D eigenvalue weighted by molar-refractivity contribution is -0.120. The maximum Gasteiger partial charge on any atom is 0.322 e. The molecule has 11 heteroatoms. The third-order valence-corrected chi connectivity index (χ3v) is 5.46. The molecular weight excluding hydrogens is 403 g/mol. The van der Waals surface area contributed by atoms with Crippen molar-refractivity contribution in [1.29, 1.82) is 0 Å². The first-order valence-electron chi connectivity index (χ1n) is 8.52. The SMILES string of the molecule is O=C(CCC1NC(=O)NC1=O)Nc1ccc(NS(=O)(=O)c2ccc(F)cc2)cc1. The van der Waals surface area contributed by atoms with Crippen molar-refractivity contribution in [2.45, 2.75) is 23.8 Å². The van der Waals surface area contributed by atoms with Crippen LogP contribution in [0.25, 0.3) is 0 Å². The van der Waals surface area contributed by atoms with Crippen molar-refractivity contribution in [1.82, 2.24) is 10.6 Å². The second-order valence-corrected chi connectivity index (χ2v) is 7.92. The van der Waals surface area contributed by atoms with Gasteiger partial charge in [0.1, 0.15) is 11.9 Å². The number of carbonyl (C=O) groups excluding carboxylic acids is 3. The summed E-state index contributed by atoms with van der Waals surface area (Å²) in [6.07, 6.45) is 0.163. The Morgan fingerprint density at radius 3 is 2.21 bits per heavy atom. The van der Waals surface area contributed by atoms with Crippen LogP contribution in [0.15, 0.2) is 53.4 Å². The number of carbonyl (C=O) groups is 3. The lowest BCUT2D eigenvalue weighted by Gasteiger charge is -2.10. The summed E-state index contributed by atoms with van der Waals surface area (Å²) in [6.45, 7) is 0. The van der Waals surface area contributed by atoms with Crippen LogP contribution in [-0.2, 0) is 19.6 Å². The third-order valence-electron chi connectivity index (χ3n) is 4.06. The number of nitrogens with one attached hydrogen (secondary N) is 4. The van der Waals surface area contributed by atoms with Crippen molar-refractivity contribution >= 4 is 39.2 Å². The smallest absolute Gasteiger partial charge is 0.322 e. The van der Waals surface area contributed by atoms with Gasteiger partial charge in [-0.05, 0) is 55.0 Å². The Bertz CT molecular complexity index is 1040. The maximum absolute atomic E-state index is 12.9. The fourth-order valence-electron chi connectivity index (χ4n) is 2.61. The highest BCUT2D eigenvalue weighted by molar-refractivity contribution is 7.92. The molecule has 9 nitrogen and oxygen atoms in total. The number of halogens is 1. The number of sulfonamides is 1. The zero-order valence-electron chi connectivity index (χ0n) is 14.9. The van der Waals surface area contributed by atoms with Gasteiger partial charge in [-0.15, -0.1) is 0 Å². The van der Waals surface area contributed by atoms with Gasteiger partial charge in [0.15, 0.2) is 0 Å². The summed E-state index contributed by atoms with van der Waals surface area (Å²) in [5, 5.41) is 7.11. The number of benzene rings is 2. The van der Waals surface area contributed by atoms with Crippen LogP contribution in [0, 0.1) is 5.82 Å². The molecule has 1 fully saturated rings. The van der Waals surface area contributed by atoms with Gasteiger partial charge in [-0.3, -0.25) is 19.6 Å². The largest absolute Gasteiger partial charge is 0.326 e. The van der Waals surface area contributed by atoms with Gasteiger partial charge >= 0.3 is 6.03 Å². The average molecular weight is 420 g/mol. The van der Waals surface area contributed by atoms with Crippen molar-refractivity contribution in [3.8, 4) is 0 Å². The molecule has 0 radical (unpaired) electrons. The van der Waals surface area contributed by atoms with Gasteiger partial charge in [0.25, 0.3) is 15.9 Å². The molecule has 1 unspecified atom stereocenters. The highest BCUT2D eigenvalue weighted by Gasteiger charge is 2.29. The Hall–Kier alpha value is -3.47. The highest BCUT2D eigenvalue weighted by Crippen LogP contribution is 2.19. The fraction of sp³-hybridized carbons (Fsp3) is 0.167. The van der Waals surface area contributed by atoms with Crippen LogP contribution < -0.4 is 20.7 Å². The number of amides is 4. The molecule has 1 atom stereocenters. The van der Waals surface area contributed by atoms with Crippen LogP contribution in [0.1, 0.15) is 12.8 Å². The van der Waals surface area contributed by atoms with Gasteiger partial charge in [0.05, 0.1) is 4.90 Å². The predicted octanol–water partition coefficient (Wildman–Crippen LogP) is 1.55. The van der Waals surface area contributed by atoms with Crippen LogP contribution in [0.4, 0.5) is 20.6 Å². The minimum atomic E-state index is -3.87. The lowest BCUT2D eigenvalue weighted by atomic mass is 10.1. The lowest BCUT2D eigenvalue weighted by Crippen LogP contribution is -2.30. The third kappa shape index (κ3) is 5.29. The van der Waals surface area contributed by atoms with Crippen LogP contribution in [0.3, 0.4) is 0 Å². The Balaban J connectivity index is 1.54. The van der Waals surface area contributed by atoms with Crippen molar-refractivity contribution < 1.29 is 27.2 Å². The Labute approximate surface area is 165 Å². The van der Waals surface area contributed by atoms with E-state index in [4.69, 9.17) is 0 Å². The van der Waals surface area contributed by atoms with Crippen molar-refractivity contribution in [3.63, 3.8) is 0 Å². The van der Waals surface area contributed by atoms with Gasteiger partial charge < -0.3 is 10.6 Å². The topological polar surface area (TPSA) is 133 Å². The first kappa shape index (κ1) is 20.3. The molecule has 0 spiro atoms. The fourth-order valence-corrected chi connectivity index (χ4v) is 3.67. The molecule has 3 rings (SSSR count). The van der Waals surface area contributed by atoms with E-state index in [1.54, 1.807) is 0 Å². The molecule has 0 aromatic heterocycles. The number of hydrogen-bond donors (Lipinski definition) is 4. The van der Waals surface area contributed by atoms with Crippen molar-refractivity contribution in [2.24, 2.45) is 0 Å². The molecule has 4 amide bonds. The summed E-state index contributed by atoms with van der Waals surface area (Å²) in [6, 6.07) is 9.01. The Morgan fingerprint density at radius 2 is 1.62 bits per heavy atom. The standard InChI is InChI=1S/C18H17FN4O5S/c19-11-1-7-14(8-2-11)29(27,28)23-13-5-3-12(4-6-13)20-16(24)10-9-15-17(25)22-18(26)21-15/h1-8,15,23H,9-10H2,(H,20,24)(H2,21,22,25,26). The Kier molecular flexibility index (Phi) is 5.78. The second-order valence-electron chi connectivity index (χ2n) is 6.24. The van der Waals surface area contributed by atoms with E-state index in [1.807, 2.05) is 0 Å². The average Bonchev–Trinajstić information content (AvgIpc) is 2.99. The van der Waals surface area contributed by atoms with Crippen LogP contribution in [0.5, 0.6) is 0 Å². The Morgan fingerprint density at radius 1 is 1.00 bits per heavy atom. The molecule has 0 aliphatic carbocycles. The minimum absolute atomic E-state index is 0.0112. The minimum Gasteiger partial charge on any atom is -0.326 e. The van der Waals surface area contributed by atoms with Gasteiger partial charge in [0.2, 0.25) is 5.91 Å². The van der Waals surface area contributed by atoms with Gasteiger partial charge in [-0.2, -0.15) is 0 Å². The number of urea groups is 1. The molecule has 1 aliphatic rings. The first-order chi connectivity index (χ1) is 13.7. The molecule has 2 aromatic rings. The summed E-state index contributed by atoms with van der Waals surface area (Å²) in [5.41, 5.74) is 0.692. The van der Waals surface area contributed by atoms with Gasteiger partial charge in [-0.1, -0.05) is 0 Å². The van der Waals surface area contributed by atoms with Crippen LogP contribution in [0.2, 0.25) is 0 Å². The summed E-state index contributed by atoms with van der Waals surface area (Å²) in [5.74, 6) is -1.38. The van der Waals surface area contributed by atoms with Crippen LogP contribution >= 0.6 is 0 Å². The number of rotatable bonds is 7. The maximum atomic E-state index is 12.9. The molecule has 4 N–H and O–H groups in total. The molecule has 1 heterocycles. The van der Waals surface area contributed by atoms with Crippen molar-refractivity contribution in [2.75, 3.05) is 10.0 Å². The van der Waals surface area contributed by atoms with Crippen molar-refractivity contribution in [3.05, 3.63) is 54.3 Å². The summed E-state index contributed by atoms with van der Waals surface area (Å²) in [7, 11) is -3.87. The molecular formula is C18H17FN4O5S. The number of hydrogen-bond acceptors (Lipinski definition) is 5. The molecule has 2 aromatic carbocycles. The van der Waals surface area contributed by atoms with E-state index in [0.717, 1.165) is 24.3 Å². The summed E-state index contributed by atoms with van der Waals surface area (Å²) < 4.78 is 39.8. The molecule has 1 saturated heterocycles.